The lowest BCUT2D eigenvalue weighted by atomic mass is 10.2. The molecule has 7 nitrogen and oxygen atoms in total. The molecule has 2 N–H and O–H groups in total. The Morgan fingerprint density at radius 3 is 2.55 bits per heavy atom. The monoisotopic (exact) mass is 408 g/mol. The van der Waals surface area contributed by atoms with Gasteiger partial charge in [0, 0.05) is 17.3 Å². The van der Waals surface area contributed by atoms with Gasteiger partial charge >= 0.3 is 0 Å². The summed E-state index contributed by atoms with van der Waals surface area (Å²) in [6.45, 7) is 2.12. The number of nitrogens with one attached hydrogen (secondary N) is 2. The topological polar surface area (TPSA) is 93.2 Å². The van der Waals surface area contributed by atoms with Crippen LogP contribution in [-0.2, 0) is 6.61 Å². The zero-order valence-electron chi connectivity index (χ0n) is 15.8. The molecule has 3 aromatic rings. The fraction of sp³-hybridized carbons (Fsp3) is 0.238. The van der Waals surface area contributed by atoms with Gasteiger partial charge in [0.05, 0.1) is 0 Å². The van der Waals surface area contributed by atoms with Crippen molar-refractivity contribution < 1.29 is 14.3 Å². The lowest BCUT2D eigenvalue weighted by molar-refractivity contribution is 0.0950. The molecule has 29 heavy (non-hydrogen) atoms. The van der Waals surface area contributed by atoms with Crippen LogP contribution in [0.4, 0.5) is 5.69 Å². The van der Waals surface area contributed by atoms with E-state index in [4.69, 9.17) is 4.74 Å². The lowest BCUT2D eigenvalue weighted by Crippen LogP contribution is -2.25. The molecular formula is C21H20N4O3S. The Morgan fingerprint density at radius 1 is 1.07 bits per heavy atom. The van der Waals surface area contributed by atoms with Crippen molar-refractivity contribution in [2.75, 3.05) is 5.32 Å². The average molecular weight is 408 g/mol. The third kappa shape index (κ3) is 4.97. The van der Waals surface area contributed by atoms with E-state index < -0.39 is 0 Å². The molecule has 148 valence electrons. The van der Waals surface area contributed by atoms with Gasteiger partial charge in [-0.3, -0.25) is 9.59 Å². The molecule has 4 rings (SSSR count). The van der Waals surface area contributed by atoms with Crippen LogP contribution in [-0.4, -0.2) is 28.1 Å². The number of para-hydroxylation sites is 1. The van der Waals surface area contributed by atoms with Gasteiger partial charge in [-0.2, -0.15) is 0 Å². The van der Waals surface area contributed by atoms with Crippen molar-refractivity contribution in [1.29, 1.82) is 0 Å². The predicted molar refractivity (Wildman–Crippen MR) is 110 cm³/mol. The van der Waals surface area contributed by atoms with Crippen molar-refractivity contribution in [2.45, 2.75) is 32.4 Å². The Kier molecular flexibility index (Phi) is 5.53. The van der Waals surface area contributed by atoms with Gasteiger partial charge in [0.1, 0.15) is 12.4 Å². The Labute approximate surface area is 172 Å². The quantitative estimate of drug-likeness (QED) is 0.623. The maximum atomic E-state index is 12.4. The summed E-state index contributed by atoms with van der Waals surface area (Å²) in [5.41, 5.74) is 2.33. The highest BCUT2D eigenvalue weighted by Gasteiger charge is 2.23. The summed E-state index contributed by atoms with van der Waals surface area (Å²) < 4.78 is 5.70. The normalized spacial score (nSPS) is 13.0. The second-order valence-electron chi connectivity index (χ2n) is 6.83. The third-order valence-electron chi connectivity index (χ3n) is 4.45. The number of aryl methyl sites for hydroxylation is 1. The van der Waals surface area contributed by atoms with E-state index in [-0.39, 0.29) is 23.4 Å². The van der Waals surface area contributed by atoms with Gasteiger partial charge < -0.3 is 15.4 Å². The van der Waals surface area contributed by atoms with Crippen LogP contribution in [0.25, 0.3) is 0 Å². The highest BCUT2D eigenvalue weighted by atomic mass is 32.1. The first-order valence-corrected chi connectivity index (χ1v) is 10.1. The van der Waals surface area contributed by atoms with Crippen LogP contribution in [0.3, 0.4) is 0 Å². The van der Waals surface area contributed by atoms with E-state index in [1.807, 2.05) is 31.2 Å². The number of nitrogens with zero attached hydrogens (tertiary/aromatic N) is 2. The first kappa shape index (κ1) is 19.1. The standard InChI is InChI=1S/C21H20N4O3S/c1-13-4-2-3-5-17(13)23-20(27)21-25-24-18(29-21)12-28-16-10-6-14(7-11-16)19(26)22-15-8-9-15/h2-7,10-11,15H,8-9,12H2,1H3,(H,22,26)(H,23,27). The molecule has 1 aliphatic carbocycles. The minimum atomic E-state index is -0.297. The van der Waals surface area contributed by atoms with Crippen LogP contribution in [0, 0.1) is 6.92 Å². The van der Waals surface area contributed by atoms with Gasteiger partial charge in [-0.25, -0.2) is 0 Å². The van der Waals surface area contributed by atoms with E-state index in [9.17, 15) is 9.59 Å². The van der Waals surface area contributed by atoms with E-state index >= 15 is 0 Å². The summed E-state index contributed by atoms with van der Waals surface area (Å²) in [4.78, 5) is 24.4. The highest BCUT2D eigenvalue weighted by molar-refractivity contribution is 7.13. The molecule has 8 heteroatoms. The van der Waals surface area contributed by atoms with Crippen molar-refractivity contribution in [2.24, 2.45) is 0 Å². The molecule has 0 atom stereocenters. The fourth-order valence-corrected chi connectivity index (χ4v) is 3.28. The Balaban J connectivity index is 1.31. The summed E-state index contributed by atoms with van der Waals surface area (Å²) in [6, 6.07) is 14.8. The summed E-state index contributed by atoms with van der Waals surface area (Å²) >= 11 is 1.18. The van der Waals surface area contributed by atoms with Gasteiger partial charge in [-0.1, -0.05) is 29.5 Å². The van der Waals surface area contributed by atoms with E-state index in [0.29, 0.717) is 22.4 Å². The Morgan fingerprint density at radius 2 is 1.83 bits per heavy atom. The van der Waals surface area contributed by atoms with Crippen molar-refractivity contribution >= 4 is 28.8 Å². The number of rotatable bonds is 7. The maximum absolute atomic E-state index is 12.4. The van der Waals surface area contributed by atoms with Crippen molar-refractivity contribution in [3.63, 3.8) is 0 Å². The van der Waals surface area contributed by atoms with Crippen molar-refractivity contribution in [3.8, 4) is 5.75 Å². The molecule has 1 aromatic heterocycles. The highest BCUT2D eigenvalue weighted by Crippen LogP contribution is 2.21. The molecule has 1 saturated carbocycles. The summed E-state index contributed by atoms with van der Waals surface area (Å²) in [5.74, 6) is 0.260. The number of ether oxygens (including phenoxy) is 1. The number of amides is 2. The number of aromatic nitrogens is 2. The van der Waals surface area contributed by atoms with Crippen LogP contribution in [0.15, 0.2) is 48.5 Å². The molecule has 1 fully saturated rings. The predicted octanol–water partition coefficient (Wildman–Crippen LogP) is 3.57. The zero-order chi connectivity index (χ0) is 20.2. The fourth-order valence-electron chi connectivity index (χ4n) is 2.64. The van der Waals surface area contributed by atoms with Gasteiger partial charge in [0.15, 0.2) is 5.01 Å². The molecule has 0 unspecified atom stereocenters. The third-order valence-corrected chi connectivity index (χ3v) is 5.34. The number of carbonyl (C=O) groups excluding carboxylic acids is 2. The summed E-state index contributed by atoms with van der Waals surface area (Å²) in [7, 11) is 0. The van der Waals surface area contributed by atoms with Gasteiger partial charge in [-0.05, 0) is 55.7 Å². The largest absolute Gasteiger partial charge is 0.486 e. The molecule has 2 aromatic carbocycles. The van der Waals surface area contributed by atoms with Gasteiger partial charge in [0.2, 0.25) is 5.01 Å². The number of hydrogen-bond acceptors (Lipinski definition) is 6. The number of hydrogen-bond donors (Lipinski definition) is 2. The summed E-state index contributed by atoms with van der Waals surface area (Å²) in [6.07, 6.45) is 2.11. The maximum Gasteiger partial charge on any atom is 0.286 e. The smallest absolute Gasteiger partial charge is 0.286 e. The molecule has 2 amide bonds. The number of carbonyl (C=O) groups is 2. The van der Waals surface area contributed by atoms with Crippen LogP contribution >= 0.6 is 11.3 Å². The molecule has 1 heterocycles. The second-order valence-corrected chi connectivity index (χ2v) is 7.89. The number of anilines is 1. The van der Waals surface area contributed by atoms with Crippen molar-refractivity contribution in [1.82, 2.24) is 15.5 Å². The van der Waals surface area contributed by atoms with Gasteiger partial charge in [-0.15, -0.1) is 10.2 Å². The zero-order valence-corrected chi connectivity index (χ0v) is 16.7. The first-order valence-electron chi connectivity index (χ1n) is 9.31. The lowest BCUT2D eigenvalue weighted by Gasteiger charge is -2.06. The average Bonchev–Trinajstić information content (AvgIpc) is 3.41. The Bertz CT molecular complexity index is 1030. The van der Waals surface area contributed by atoms with Gasteiger partial charge in [0.25, 0.3) is 11.8 Å². The molecule has 0 bridgehead atoms. The Hall–Kier alpha value is -3.26. The molecule has 1 aliphatic rings. The van der Waals surface area contributed by atoms with Crippen LogP contribution in [0.2, 0.25) is 0 Å². The summed E-state index contributed by atoms with van der Waals surface area (Å²) in [5, 5.41) is 14.6. The SMILES string of the molecule is Cc1ccccc1NC(=O)c1nnc(COc2ccc(C(=O)NC3CC3)cc2)s1. The molecular weight excluding hydrogens is 388 g/mol. The van der Waals surface area contributed by atoms with Crippen LogP contribution in [0.1, 0.15) is 43.6 Å². The molecule has 0 saturated heterocycles. The van der Waals surface area contributed by atoms with Crippen LogP contribution < -0.4 is 15.4 Å². The first-order chi connectivity index (χ1) is 14.1. The minimum absolute atomic E-state index is 0.0625. The van der Waals surface area contributed by atoms with E-state index in [1.165, 1.54) is 11.3 Å². The van der Waals surface area contributed by atoms with E-state index in [2.05, 4.69) is 20.8 Å². The minimum Gasteiger partial charge on any atom is -0.486 e. The molecule has 0 aliphatic heterocycles. The van der Waals surface area contributed by atoms with E-state index in [1.54, 1.807) is 24.3 Å². The second kappa shape index (κ2) is 8.40. The molecule has 0 spiro atoms. The van der Waals surface area contributed by atoms with Crippen LogP contribution in [0.5, 0.6) is 5.75 Å². The molecule has 0 radical (unpaired) electrons. The van der Waals surface area contributed by atoms with Crippen molar-refractivity contribution in [3.05, 3.63) is 69.7 Å². The number of benzene rings is 2. The van der Waals surface area contributed by atoms with E-state index in [0.717, 1.165) is 24.1 Å².